The Morgan fingerprint density at radius 2 is 1.65 bits per heavy atom. The third-order valence-electron chi connectivity index (χ3n) is 6.53. The molecule has 4 atom stereocenters. The molecule has 0 heterocycles. The van der Waals surface area contributed by atoms with Crippen LogP contribution in [0.1, 0.15) is 79.6 Å². The highest BCUT2D eigenvalue weighted by molar-refractivity contribution is 5.10. The van der Waals surface area contributed by atoms with E-state index < -0.39 is 11.9 Å². The Bertz CT molecular complexity index is 423. The monoisotopic (exact) mass is 324 g/mol. The maximum absolute atomic E-state index is 10.9. The molecule has 0 aliphatic heterocycles. The first-order chi connectivity index (χ1) is 10.5. The predicted octanol–water partition coefficient (Wildman–Crippen LogP) is 4.11. The Morgan fingerprint density at radius 1 is 1.09 bits per heavy atom. The number of rotatable bonds is 5. The van der Waals surface area contributed by atoms with Crippen LogP contribution in [0.25, 0.3) is 0 Å². The highest BCUT2D eigenvalue weighted by Gasteiger charge is 2.58. The van der Waals surface area contributed by atoms with Crippen molar-refractivity contribution in [2.75, 3.05) is 0 Å². The molecule has 4 aliphatic rings. The fraction of sp³-hybridized carbons (Fsp3) is 1.00. The molecule has 3 nitrogen and oxygen atoms in total. The maximum Gasteiger partial charge on any atom is 0.158 e. The Labute approximate surface area is 141 Å². The Kier molecular flexibility index (Phi) is 4.39. The van der Waals surface area contributed by atoms with E-state index in [0.717, 1.165) is 38.5 Å². The van der Waals surface area contributed by atoms with Crippen LogP contribution in [-0.4, -0.2) is 27.7 Å². The van der Waals surface area contributed by atoms with Crippen molar-refractivity contribution in [3.05, 3.63) is 0 Å². The van der Waals surface area contributed by atoms with E-state index in [9.17, 15) is 10.2 Å². The van der Waals surface area contributed by atoms with Gasteiger partial charge < -0.3 is 14.9 Å². The SMILES string of the molecule is CC(C)CC(C(O)OC12CC3CC(CC(O)(C3)C1)C2)C(C)(C)C. The van der Waals surface area contributed by atoms with Crippen molar-refractivity contribution in [2.24, 2.45) is 29.1 Å². The minimum Gasteiger partial charge on any atom is -0.390 e. The molecule has 0 spiro atoms. The molecule has 4 saturated carbocycles. The van der Waals surface area contributed by atoms with Crippen LogP contribution >= 0.6 is 0 Å². The first kappa shape index (κ1) is 17.7. The minimum absolute atomic E-state index is 0.0167. The molecule has 23 heavy (non-hydrogen) atoms. The quantitative estimate of drug-likeness (QED) is 0.748. The summed E-state index contributed by atoms with van der Waals surface area (Å²) in [5.41, 5.74) is -0.791. The third kappa shape index (κ3) is 3.62. The van der Waals surface area contributed by atoms with Gasteiger partial charge in [0.25, 0.3) is 0 Å². The van der Waals surface area contributed by atoms with Crippen molar-refractivity contribution in [3.63, 3.8) is 0 Å². The van der Waals surface area contributed by atoms with E-state index in [4.69, 9.17) is 4.74 Å². The van der Waals surface area contributed by atoms with Crippen LogP contribution in [0, 0.1) is 29.1 Å². The van der Waals surface area contributed by atoms with E-state index in [1.165, 1.54) is 6.42 Å². The summed E-state index contributed by atoms with van der Waals surface area (Å²) in [5, 5.41) is 21.8. The fourth-order valence-electron chi connectivity index (χ4n) is 6.01. The van der Waals surface area contributed by atoms with Crippen LogP contribution in [0.5, 0.6) is 0 Å². The Morgan fingerprint density at radius 3 is 2.09 bits per heavy atom. The smallest absolute Gasteiger partial charge is 0.158 e. The molecule has 0 aromatic heterocycles. The van der Waals surface area contributed by atoms with Gasteiger partial charge in [0.1, 0.15) is 0 Å². The number of hydrogen-bond donors (Lipinski definition) is 2. The first-order valence-corrected chi connectivity index (χ1v) is 9.59. The van der Waals surface area contributed by atoms with Gasteiger partial charge >= 0.3 is 0 Å². The van der Waals surface area contributed by atoms with Crippen LogP contribution < -0.4 is 0 Å². The molecule has 134 valence electrons. The second-order valence-electron chi connectivity index (χ2n) is 10.5. The summed E-state index contributed by atoms with van der Waals surface area (Å²) >= 11 is 0. The van der Waals surface area contributed by atoms with Gasteiger partial charge in [-0.05, 0) is 61.7 Å². The van der Waals surface area contributed by atoms with Gasteiger partial charge in [0, 0.05) is 12.3 Å². The van der Waals surface area contributed by atoms with Crippen LogP contribution in [0.2, 0.25) is 0 Å². The van der Waals surface area contributed by atoms with Gasteiger partial charge in [0.2, 0.25) is 0 Å². The van der Waals surface area contributed by atoms with Gasteiger partial charge in [0.05, 0.1) is 11.2 Å². The van der Waals surface area contributed by atoms with Gasteiger partial charge in [-0.3, -0.25) is 0 Å². The molecular weight excluding hydrogens is 288 g/mol. The van der Waals surface area contributed by atoms with E-state index in [0.29, 0.717) is 17.8 Å². The molecular formula is C20H36O3. The average molecular weight is 325 g/mol. The second kappa shape index (κ2) is 5.71. The molecule has 4 unspecified atom stereocenters. The lowest BCUT2D eigenvalue weighted by atomic mass is 9.52. The molecule has 4 aliphatic carbocycles. The molecule has 3 heteroatoms. The molecule has 4 bridgehead atoms. The molecule has 4 rings (SSSR count). The zero-order valence-electron chi connectivity index (χ0n) is 15.6. The van der Waals surface area contributed by atoms with Crippen LogP contribution in [0.4, 0.5) is 0 Å². The number of ether oxygens (including phenoxy) is 1. The van der Waals surface area contributed by atoms with Crippen molar-refractivity contribution >= 4 is 0 Å². The van der Waals surface area contributed by atoms with Gasteiger partial charge in [-0.15, -0.1) is 0 Å². The second-order valence-corrected chi connectivity index (χ2v) is 10.5. The Balaban J connectivity index is 1.75. The highest BCUT2D eigenvalue weighted by atomic mass is 16.6. The predicted molar refractivity (Wildman–Crippen MR) is 91.9 cm³/mol. The normalized spacial score (nSPS) is 42.3. The standard InChI is InChI=1S/C20H36O3/c1-13(2)6-16(18(3,4)5)17(21)23-20-10-14-7-15(11-20)9-19(22,8-14)12-20/h13-17,21-22H,6-12H2,1-5H3. The number of aliphatic hydroxyl groups excluding tert-OH is 1. The van der Waals surface area contributed by atoms with Crippen molar-refractivity contribution < 1.29 is 14.9 Å². The Hall–Kier alpha value is -0.120. The molecule has 0 saturated heterocycles. The molecule has 0 aromatic rings. The lowest BCUT2D eigenvalue weighted by Crippen LogP contribution is -2.61. The van der Waals surface area contributed by atoms with Gasteiger partial charge in [0.15, 0.2) is 6.29 Å². The summed E-state index contributed by atoms with van der Waals surface area (Å²) in [6, 6.07) is 0. The van der Waals surface area contributed by atoms with Gasteiger partial charge in [-0.25, -0.2) is 0 Å². The molecule has 2 N–H and O–H groups in total. The lowest BCUT2D eigenvalue weighted by Gasteiger charge is -2.60. The lowest BCUT2D eigenvalue weighted by molar-refractivity contribution is -0.288. The van der Waals surface area contributed by atoms with Gasteiger partial charge in [-0.1, -0.05) is 34.6 Å². The summed E-state index contributed by atoms with van der Waals surface area (Å²) in [5.74, 6) is 1.85. The number of aliphatic hydroxyl groups is 2. The van der Waals surface area contributed by atoms with E-state index in [-0.39, 0.29) is 16.9 Å². The molecule has 4 fully saturated rings. The van der Waals surface area contributed by atoms with Crippen molar-refractivity contribution in [1.29, 1.82) is 0 Å². The highest BCUT2D eigenvalue weighted by Crippen LogP contribution is 2.59. The van der Waals surface area contributed by atoms with Crippen LogP contribution in [-0.2, 0) is 4.74 Å². The van der Waals surface area contributed by atoms with Crippen LogP contribution in [0.3, 0.4) is 0 Å². The summed E-state index contributed by atoms with van der Waals surface area (Å²) in [7, 11) is 0. The van der Waals surface area contributed by atoms with Crippen molar-refractivity contribution in [2.45, 2.75) is 97.1 Å². The third-order valence-corrected chi connectivity index (χ3v) is 6.53. The van der Waals surface area contributed by atoms with Crippen molar-refractivity contribution in [1.82, 2.24) is 0 Å². The minimum atomic E-state index is -0.725. The summed E-state index contributed by atoms with van der Waals surface area (Å²) in [4.78, 5) is 0. The summed E-state index contributed by atoms with van der Waals surface area (Å²) in [6.45, 7) is 11.0. The zero-order chi connectivity index (χ0) is 17.0. The van der Waals surface area contributed by atoms with E-state index in [1.54, 1.807) is 0 Å². The van der Waals surface area contributed by atoms with E-state index >= 15 is 0 Å². The van der Waals surface area contributed by atoms with Gasteiger partial charge in [-0.2, -0.15) is 0 Å². The molecule has 0 radical (unpaired) electrons. The topological polar surface area (TPSA) is 49.7 Å². The van der Waals surface area contributed by atoms with Crippen LogP contribution in [0.15, 0.2) is 0 Å². The first-order valence-electron chi connectivity index (χ1n) is 9.59. The fourth-order valence-corrected chi connectivity index (χ4v) is 6.01. The summed E-state index contributed by atoms with van der Waals surface area (Å²) in [6.07, 6.45) is 6.16. The molecule has 0 amide bonds. The van der Waals surface area contributed by atoms with E-state index in [1.807, 2.05) is 0 Å². The van der Waals surface area contributed by atoms with E-state index in [2.05, 4.69) is 34.6 Å². The maximum atomic E-state index is 10.9. The molecule has 0 aromatic carbocycles. The largest absolute Gasteiger partial charge is 0.390 e. The zero-order valence-corrected chi connectivity index (χ0v) is 15.6. The summed E-state index contributed by atoms with van der Waals surface area (Å²) < 4.78 is 6.40. The average Bonchev–Trinajstić information content (AvgIpc) is 2.30. The van der Waals surface area contributed by atoms with Crippen molar-refractivity contribution in [3.8, 4) is 0 Å². The number of hydrogen-bond acceptors (Lipinski definition) is 3.